The molecule has 2 atom stereocenters. The molecular weight excluding hydrogens is 541 g/mol. The molecule has 0 saturated carbocycles. The number of hydrogen-bond acceptors (Lipinski definition) is 4. The second-order valence-corrected chi connectivity index (χ2v) is 12.5. The molecule has 10 heteroatoms. The molecule has 40 heavy (non-hydrogen) atoms. The maximum absolute atomic E-state index is 13.6. The third kappa shape index (κ3) is 7.16. The molecule has 2 aliphatic rings. The molecule has 2 aromatic rings. The van der Waals surface area contributed by atoms with Crippen LogP contribution in [0, 0.1) is 11.3 Å². The number of halogens is 4. The van der Waals surface area contributed by atoms with Crippen LogP contribution in [0.25, 0.3) is 0 Å². The lowest BCUT2D eigenvalue weighted by Crippen LogP contribution is -2.60. The Morgan fingerprint density at radius 1 is 0.975 bits per heavy atom. The molecule has 2 amide bonds. The van der Waals surface area contributed by atoms with Crippen LogP contribution in [-0.4, -0.2) is 70.3 Å². The van der Waals surface area contributed by atoms with Crippen molar-refractivity contribution in [2.45, 2.75) is 65.2 Å². The predicted molar refractivity (Wildman–Crippen MR) is 149 cm³/mol. The number of rotatable bonds is 5. The van der Waals surface area contributed by atoms with Gasteiger partial charge in [0.1, 0.15) is 5.69 Å². The minimum Gasteiger partial charge on any atom is -0.343 e. The van der Waals surface area contributed by atoms with Gasteiger partial charge in [0.25, 0.3) is 0 Å². The number of aromatic nitrogens is 1. The Kier molecular flexibility index (Phi) is 9.15. The molecule has 2 aliphatic heterocycles. The molecule has 0 aliphatic carbocycles. The minimum absolute atomic E-state index is 0.0761. The van der Waals surface area contributed by atoms with Crippen molar-refractivity contribution in [2.24, 2.45) is 11.3 Å². The van der Waals surface area contributed by atoms with Crippen molar-refractivity contribution in [3.8, 4) is 0 Å². The van der Waals surface area contributed by atoms with Gasteiger partial charge in [-0.2, -0.15) is 13.2 Å². The first-order chi connectivity index (χ1) is 18.7. The maximum atomic E-state index is 13.6. The topological polar surface area (TPSA) is 56.8 Å². The Bertz CT molecular complexity index is 1170. The van der Waals surface area contributed by atoms with Gasteiger partial charge in [-0.05, 0) is 53.5 Å². The van der Waals surface area contributed by atoms with Crippen molar-refractivity contribution in [3.63, 3.8) is 0 Å². The van der Waals surface area contributed by atoms with Crippen LogP contribution in [0.1, 0.15) is 69.8 Å². The number of benzene rings is 1. The Morgan fingerprint density at radius 3 is 2.12 bits per heavy atom. The lowest BCUT2D eigenvalue weighted by Gasteiger charge is -2.49. The molecule has 2 fully saturated rings. The quantitative estimate of drug-likeness (QED) is 0.433. The molecule has 0 radical (unpaired) electrons. The van der Waals surface area contributed by atoms with Crippen LogP contribution < -0.4 is 0 Å². The van der Waals surface area contributed by atoms with E-state index in [4.69, 9.17) is 11.6 Å². The van der Waals surface area contributed by atoms with E-state index in [0.29, 0.717) is 49.7 Å². The van der Waals surface area contributed by atoms with E-state index in [-0.39, 0.29) is 35.2 Å². The fourth-order valence-electron chi connectivity index (χ4n) is 5.89. The van der Waals surface area contributed by atoms with Crippen molar-refractivity contribution < 1.29 is 22.8 Å². The van der Waals surface area contributed by atoms with Gasteiger partial charge in [-0.1, -0.05) is 50.6 Å². The van der Waals surface area contributed by atoms with E-state index in [1.54, 1.807) is 19.1 Å². The van der Waals surface area contributed by atoms with Gasteiger partial charge < -0.3 is 9.80 Å². The standard InChI is InChI=1S/C30H38ClF3N4O2/c1-20(39)36-13-11-21(12-14-36)17-27(40)38-16-15-37(19-26(38)29(2,3)4)28(22-5-8-24(31)9-6-22)23-7-10-25(35-18-23)30(32,33)34/h5-10,18,21,26,28H,11-17,19H2,1-4H3/t26-,28?/m1/s1. The van der Waals surface area contributed by atoms with E-state index in [9.17, 15) is 22.8 Å². The van der Waals surface area contributed by atoms with E-state index in [2.05, 4.69) is 30.7 Å². The largest absolute Gasteiger partial charge is 0.433 e. The smallest absolute Gasteiger partial charge is 0.343 e. The van der Waals surface area contributed by atoms with Gasteiger partial charge in [0, 0.05) is 63.3 Å². The Hall–Kier alpha value is -2.65. The number of likely N-dealkylation sites (tertiary alicyclic amines) is 1. The predicted octanol–water partition coefficient (Wildman–Crippen LogP) is 6.05. The average Bonchev–Trinajstić information content (AvgIpc) is 2.89. The molecule has 2 saturated heterocycles. The summed E-state index contributed by atoms with van der Waals surface area (Å²) in [4.78, 5) is 35.1. The molecule has 0 N–H and O–H groups in total. The van der Waals surface area contributed by atoms with Crippen molar-refractivity contribution in [1.29, 1.82) is 0 Å². The second kappa shape index (κ2) is 12.1. The molecule has 218 valence electrons. The summed E-state index contributed by atoms with van der Waals surface area (Å²) in [6.07, 6.45) is -1.10. The van der Waals surface area contributed by atoms with E-state index in [0.717, 1.165) is 24.5 Å². The first-order valence-electron chi connectivity index (χ1n) is 13.8. The summed E-state index contributed by atoms with van der Waals surface area (Å²) in [5.41, 5.74) is 0.397. The fourth-order valence-corrected chi connectivity index (χ4v) is 6.01. The third-order valence-electron chi connectivity index (χ3n) is 8.20. The molecule has 0 spiro atoms. The molecule has 1 aromatic carbocycles. The summed E-state index contributed by atoms with van der Waals surface area (Å²) in [5, 5.41) is 0.574. The lowest BCUT2D eigenvalue weighted by atomic mass is 9.82. The molecule has 0 bridgehead atoms. The highest BCUT2D eigenvalue weighted by Crippen LogP contribution is 2.37. The summed E-state index contributed by atoms with van der Waals surface area (Å²) < 4.78 is 39.7. The van der Waals surface area contributed by atoms with Crippen molar-refractivity contribution in [3.05, 3.63) is 64.4 Å². The lowest BCUT2D eigenvalue weighted by molar-refractivity contribution is -0.142. The van der Waals surface area contributed by atoms with Crippen LogP contribution in [0.2, 0.25) is 5.02 Å². The van der Waals surface area contributed by atoms with Crippen LogP contribution in [-0.2, 0) is 15.8 Å². The highest BCUT2D eigenvalue weighted by molar-refractivity contribution is 6.30. The number of alkyl halides is 3. The van der Waals surface area contributed by atoms with Gasteiger partial charge in [0.15, 0.2) is 0 Å². The first kappa shape index (κ1) is 30.3. The van der Waals surface area contributed by atoms with Gasteiger partial charge >= 0.3 is 6.18 Å². The molecule has 4 rings (SSSR count). The van der Waals surface area contributed by atoms with E-state index in [1.165, 1.54) is 12.3 Å². The molecule has 1 aromatic heterocycles. The maximum Gasteiger partial charge on any atom is 0.433 e. The van der Waals surface area contributed by atoms with Crippen LogP contribution >= 0.6 is 11.6 Å². The highest BCUT2D eigenvalue weighted by atomic mass is 35.5. The molecule has 6 nitrogen and oxygen atoms in total. The summed E-state index contributed by atoms with van der Waals surface area (Å²) in [6, 6.07) is 9.42. The highest BCUT2D eigenvalue weighted by Gasteiger charge is 2.41. The van der Waals surface area contributed by atoms with Crippen LogP contribution in [0.15, 0.2) is 42.6 Å². The summed E-state index contributed by atoms with van der Waals surface area (Å²) in [7, 11) is 0. The van der Waals surface area contributed by atoms with Crippen molar-refractivity contribution in [2.75, 3.05) is 32.7 Å². The van der Waals surface area contributed by atoms with Gasteiger partial charge in [-0.15, -0.1) is 0 Å². The van der Waals surface area contributed by atoms with Gasteiger partial charge in [-0.3, -0.25) is 19.5 Å². The van der Waals surface area contributed by atoms with E-state index < -0.39 is 11.9 Å². The average molecular weight is 579 g/mol. The van der Waals surface area contributed by atoms with Crippen LogP contribution in [0.5, 0.6) is 0 Å². The number of piperazine rings is 1. The molecular formula is C30H38ClF3N4O2. The fraction of sp³-hybridized carbons (Fsp3) is 0.567. The normalized spacial score (nSPS) is 20.4. The molecule has 1 unspecified atom stereocenters. The van der Waals surface area contributed by atoms with E-state index in [1.807, 2.05) is 21.9 Å². The number of piperidine rings is 1. The number of pyridine rings is 1. The number of hydrogen-bond donors (Lipinski definition) is 0. The third-order valence-corrected chi connectivity index (χ3v) is 8.45. The van der Waals surface area contributed by atoms with Gasteiger partial charge in [0.2, 0.25) is 11.8 Å². The monoisotopic (exact) mass is 578 g/mol. The molecule has 3 heterocycles. The Balaban J connectivity index is 1.56. The Morgan fingerprint density at radius 2 is 1.60 bits per heavy atom. The van der Waals surface area contributed by atoms with Gasteiger partial charge in [0.05, 0.1) is 6.04 Å². The zero-order chi connectivity index (χ0) is 29.2. The Labute approximate surface area is 239 Å². The van der Waals surface area contributed by atoms with Crippen LogP contribution in [0.3, 0.4) is 0 Å². The van der Waals surface area contributed by atoms with Crippen LogP contribution in [0.4, 0.5) is 13.2 Å². The summed E-state index contributed by atoms with van der Waals surface area (Å²) in [5.74, 6) is 0.453. The zero-order valence-corrected chi connectivity index (χ0v) is 24.3. The SMILES string of the molecule is CC(=O)N1CCC(CC(=O)N2CCN(C(c3ccc(Cl)cc3)c3ccc(C(F)(F)F)nc3)C[C@@H]2C(C)(C)C)CC1. The van der Waals surface area contributed by atoms with Gasteiger partial charge in [-0.25, -0.2) is 0 Å². The number of carbonyl (C=O) groups is 2. The van der Waals surface area contributed by atoms with E-state index >= 15 is 0 Å². The number of carbonyl (C=O) groups excluding carboxylic acids is 2. The minimum atomic E-state index is -4.51. The zero-order valence-electron chi connectivity index (χ0n) is 23.5. The first-order valence-corrected chi connectivity index (χ1v) is 14.2. The summed E-state index contributed by atoms with van der Waals surface area (Å²) >= 11 is 6.15. The summed E-state index contributed by atoms with van der Waals surface area (Å²) in [6.45, 7) is 10.9. The second-order valence-electron chi connectivity index (χ2n) is 12.0. The van der Waals surface area contributed by atoms with Crippen molar-refractivity contribution in [1.82, 2.24) is 19.7 Å². The van der Waals surface area contributed by atoms with Crippen molar-refractivity contribution >= 4 is 23.4 Å². The number of amides is 2. The number of nitrogens with zero attached hydrogens (tertiary/aromatic N) is 4.